The van der Waals surface area contributed by atoms with Gasteiger partial charge in [0.05, 0.1) is 17.7 Å². The van der Waals surface area contributed by atoms with Gasteiger partial charge >= 0.3 is 0 Å². The van der Waals surface area contributed by atoms with E-state index in [1.165, 1.54) is 0 Å². The molecule has 1 amide bonds. The van der Waals surface area contributed by atoms with Crippen molar-refractivity contribution in [3.63, 3.8) is 0 Å². The Morgan fingerprint density at radius 3 is 2.57 bits per heavy atom. The van der Waals surface area contributed by atoms with Gasteiger partial charge in [0.15, 0.2) is 5.96 Å². The van der Waals surface area contributed by atoms with E-state index in [0.29, 0.717) is 25.0 Å². The molecule has 0 bridgehead atoms. The third-order valence-corrected chi connectivity index (χ3v) is 4.09. The van der Waals surface area contributed by atoms with Gasteiger partial charge in [0.2, 0.25) is 5.91 Å². The minimum atomic E-state index is -0.623. The van der Waals surface area contributed by atoms with E-state index in [-0.39, 0.29) is 29.9 Å². The van der Waals surface area contributed by atoms with Gasteiger partial charge in [-0.15, -0.1) is 35.3 Å². The number of hydrogen-bond acceptors (Lipinski definition) is 4. The first-order valence-electron chi connectivity index (χ1n) is 7.52. The third-order valence-electron chi connectivity index (χ3n) is 3.24. The molecule has 0 unspecified atom stereocenters. The number of aromatic nitrogens is 1. The van der Waals surface area contributed by atoms with Gasteiger partial charge in [-0.3, -0.25) is 4.79 Å². The summed E-state index contributed by atoms with van der Waals surface area (Å²) in [6.45, 7) is 11.6. The molecule has 132 valence electrons. The van der Waals surface area contributed by atoms with E-state index in [0.717, 1.165) is 17.2 Å². The van der Waals surface area contributed by atoms with E-state index in [9.17, 15) is 4.79 Å². The number of primary amides is 1. The number of nitrogens with two attached hydrogens (primary N) is 1. The fraction of sp³-hybridized carbons (Fsp3) is 0.667. The summed E-state index contributed by atoms with van der Waals surface area (Å²) >= 11 is 1.62. The highest BCUT2D eigenvalue weighted by atomic mass is 127. The lowest BCUT2D eigenvalue weighted by Gasteiger charge is -2.22. The molecule has 0 spiro atoms. The van der Waals surface area contributed by atoms with Crippen LogP contribution in [-0.4, -0.2) is 29.9 Å². The van der Waals surface area contributed by atoms with Gasteiger partial charge in [-0.2, -0.15) is 0 Å². The van der Waals surface area contributed by atoms with E-state index >= 15 is 0 Å². The van der Waals surface area contributed by atoms with Crippen LogP contribution >= 0.6 is 35.3 Å². The molecule has 1 aromatic heterocycles. The predicted octanol–water partition coefficient (Wildman–Crippen LogP) is 2.45. The first-order valence-corrected chi connectivity index (χ1v) is 8.40. The number of carbonyl (C=O) groups is 1. The Hall–Kier alpha value is -0.900. The van der Waals surface area contributed by atoms with Gasteiger partial charge in [-0.25, -0.2) is 9.98 Å². The Morgan fingerprint density at radius 2 is 2.09 bits per heavy atom. The molecule has 0 saturated carbocycles. The molecule has 1 aromatic rings. The maximum absolute atomic E-state index is 11.4. The van der Waals surface area contributed by atoms with Crippen molar-refractivity contribution in [2.75, 3.05) is 13.1 Å². The van der Waals surface area contributed by atoms with Gasteiger partial charge < -0.3 is 16.4 Å². The number of thiazole rings is 1. The highest BCUT2D eigenvalue weighted by Crippen LogP contribution is 2.18. The van der Waals surface area contributed by atoms with Crippen molar-refractivity contribution < 1.29 is 4.79 Å². The molecule has 6 nitrogen and oxygen atoms in total. The second-order valence-corrected chi connectivity index (χ2v) is 7.06. The Labute approximate surface area is 159 Å². The number of nitrogens with zero attached hydrogens (tertiary/aromatic N) is 2. The summed E-state index contributed by atoms with van der Waals surface area (Å²) in [6.07, 6.45) is 0. The number of rotatable bonds is 7. The second-order valence-electron chi connectivity index (χ2n) is 6.12. The molecule has 0 fully saturated rings. The van der Waals surface area contributed by atoms with Crippen LogP contribution in [0.25, 0.3) is 0 Å². The maximum Gasteiger partial charge on any atom is 0.224 e. The molecular formula is C15H28IN5OS. The average molecular weight is 453 g/mol. The number of hydrogen-bond donors (Lipinski definition) is 3. The topological polar surface area (TPSA) is 92.4 Å². The number of halogens is 1. The number of nitrogens with one attached hydrogen (secondary N) is 2. The Kier molecular flexibility index (Phi) is 9.67. The zero-order valence-corrected chi connectivity index (χ0v) is 17.6. The van der Waals surface area contributed by atoms with Crippen LogP contribution in [-0.2, 0) is 11.3 Å². The number of carbonyl (C=O) groups excluding carboxylic acids is 1. The third kappa shape index (κ3) is 7.47. The molecule has 0 aliphatic carbocycles. The molecule has 0 radical (unpaired) electrons. The molecular weight excluding hydrogens is 425 g/mol. The highest BCUT2D eigenvalue weighted by Gasteiger charge is 2.24. The zero-order chi connectivity index (χ0) is 16.8. The Morgan fingerprint density at radius 1 is 1.43 bits per heavy atom. The molecule has 0 atom stereocenters. The summed E-state index contributed by atoms with van der Waals surface area (Å²) in [5.74, 6) is 0.757. The number of amides is 1. The van der Waals surface area contributed by atoms with Gasteiger partial charge in [0.1, 0.15) is 5.01 Å². The first kappa shape index (κ1) is 22.1. The van der Waals surface area contributed by atoms with Crippen molar-refractivity contribution in [2.45, 2.75) is 47.1 Å². The van der Waals surface area contributed by atoms with Crippen LogP contribution in [0.4, 0.5) is 0 Å². The predicted molar refractivity (Wildman–Crippen MR) is 107 cm³/mol. The summed E-state index contributed by atoms with van der Waals surface area (Å²) < 4.78 is 0. The van der Waals surface area contributed by atoms with E-state index in [1.54, 1.807) is 11.3 Å². The minimum absolute atomic E-state index is 0. The van der Waals surface area contributed by atoms with Crippen molar-refractivity contribution >= 4 is 47.2 Å². The minimum Gasteiger partial charge on any atom is -0.369 e. The molecule has 23 heavy (non-hydrogen) atoms. The summed E-state index contributed by atoms with van der Waals surface area (Å²) in [5, 5.41) is 9.37. The molecule has 0 aromatic carbocycles. The summed E-state index contributed by atoms with van der Waals surface area (Å²) in [4.78, 5) is 20.4. The van der Waals surface area contributed by atoms with Crippen molar-refractivity contribution in [3.05, 3.63) is 16.1 Å². The number of guanidine groups is 1. The largest absolute Gasteiger partial charge is 0.369 e. The summed E-state index contributed by atoms with van der Waals surface area (Å²) in [6, 6.07) is 0. The molecule has 1 rings (SSSR count). The molecule has 0 aliphatic rings. The second kappa shape index (κ2) is 10.1. The average Bonchev–Trinajstić information content (AvgIpc) is 2.91. The van der Waals surface area contributed by atoms with Gasteiger partial charge in [-0.1, -0.05) is 13.8 Å². The van der Waals surface area contributed by atoms with E-state index in [2.05, 4.69) is 39.8 Å². The fourth-order valence-electron chi connectivity index (χ4n) is 1.54. The van der Waals surface area contributed by atoms with Crippen molar-refractivity contribution in [2.24, 2.45) is 16.1 Å². The Balaban J connectivity index is 0.00000484. The first-order chi connectivity index (χ1) is 10.3. The maximum atomic E-state index is 11.4. The lowest BCUT2D eigenvalue weighted by Crippen LogP contribution is -2.46. The summed E-state index contributed by atoms with van der Waals surface area (Å²) in [5.41, 5.74) is 5.86. The van der Waals surface area contributed by atoms with Gasteiger partial charge in [0.25, 0.3) is 0 Å². The van der Waals surface area contributed by atoms with Crippen LogP contribution in [0, 0.1) is 5.41 Å². The van der Waals surface area contributed by atoms with Gasteiger partial charge in [-0.05, 0) is 26.7 Å². The van der Waals surface area contributed by atoms with Crippen LogP contribution in [0.2, 0.25) is 0 Å². The standard InChI is InChI=1S/C15H27N5OS.HI/c1-6-17-14(19-9-15(4,5)13(16)21)18-7-12-20-11(8-22-12)10(2)3;/h8,10H,6-7,9H2,1-5H3,(H2,16,21)(H2,17,18,19);1H. The monoisotopic (exact) mass is 453 g/mol. The van der Waals surface area contributed by atoms with Crippen LogP contribution in [0.3, 0.4) is 0 Å². The molecule has 8 heteroatoms. The lowest BCUT2D eigenvalue weighted by atomic mass is 9.93. The zero-order valence-electron chi connectivity index (χ0n) is 14.5. The smallest absolute Gasteiger partial charge is 0.224 e. The Bertz CT molecular complexity index is 528. The fourth-order valence-corrected chi connectivity index (χ4v) is 2.42. The summed E-state index contributed by atoms with van der Waals surface area (Å²) in [7, 11) is 0. The van der Waals surface area contributed by atoms with E-state index < -0.39 is 5.41 Å². The lowest BCUT2D eigenvalue weighted by molar-refractivity contribution is -0.125. The van der Waals surface area contributed by atoms with E-state index in [4.69, 9.17) is 5.73 Å². The van der Waals surface area contributed by atoms with Crippen molar-refractivity contribution in [1.82, 2.24) is 15.6 Å². The number of aliphatic imine (C=N–C) groups is 1. The van der Waals surface area contributed by atoms with Gasteiger partial charge in [0, 0.05) is 18.5 Å². The SMILES string of the molecule is CCNC(=NCc1nc(C(C)C)cs1)NCC(C)(C)C(N)=O.I. The van der Waals surface area contributed by atoms with Crippen LogP contribution in [0.5, 0.6) is 0 Å². The molecule has 4 N–H and O–H groups in total. The normalized spacial score (nSPS) is 12.0. The quantitative estimate of drug-likeness (QED) is 0.336. The van der Waals surface area contributed by atoms with Crippen molar-refractivity contribution in [3.8, 4) is 0 Å². The molecule has 0 saturated heterocycles. The van der Waals surface area contributed by atoms with Crippen LogP contribution in [0.1, 0.15) is 51.2 Å². The van der Waals surface area contributed by atoms with E-state index in [1.807, 2.05) is 20.8 Å². The molecule has 1 heterocycles. The van der Waals surface area contributed by atoms with Crippen LogP contribution < -0.4 is 16.4 Å². The highest BCUT2D eigenvalue weighted by molar-refractivity contribution is 14.0. The molecule has 0 aliphatic heterocycles. The van der Waals surface area contributed by atoms with Crippen molar-refractivity contribution in [1.29, 1.82) is 0 Å². The van der Waals surface area contributed by atoms with Crippen LogP contribution in [0.15, 0.2) is 10.4 Å².